The van der Waals surface area contributed by atoms with Crippen LogP contribution in [0.3, 0.4) is 0 Å². The summed E-state index contributed by atoms with van der Waals surface area (Å²) in [5.74, 6) is 0.492. The van der Waals surface area contributed by atoms with Crippen molar-refractivity contribution < 1.29 is 4.92 Å². The second kappa shape index (κ2) is 5.30. The fraction of sp³-hybridized carbons (Fsp3) is 0.455. The molecule has 2 aromatic heterocycles. The molecule has 2 heterocycles. The van der Waals surface area contributed by atoms with Gasteiger partial charge in [0.1, 0.15) is 11.3 Å². The molecule has 0 aliphatic heterocycles. The molecule has 0 unspecified atom stereocenters. The third kappa shape index (κ3) is 2.37. The van der Waals surface area contributed by atoms with Crippen LogP contribution in [0, 0.1) is 10.1 Å². The van der Waals surface area contributed by atoms with Crippen LogP contribution >= 0.6 is 23.2 Å². The van der Waals surface area contributed by atoms with Crippen LogP contribution in [-0.2, 0) is 6.42 Å². The summed E-state index contributed by atoms with van der Waals surface area (Å²) >= 11 is 12.0. The lowest BCUT2D eigenvalue weighted by atomic mass is 10.0. The zero-order valence-corrected chi connectivity index (χ0v) is 11.9. The van der Waals surface area contributed by atoms with Gasteiger partial charge in [0.15, 0.2) is 0 Å². The molecule has 0 saturated heterocycles. The Bertz CT molecular complexity index is 639. The van der Waals surface area contributed by atoms with Crippen LogP contribution < -0.4 is 0 Å². The SMILES string of the molecule is CC(C)c1nc2c([N+](=O)[O-])cnn2c(Cl)c1CCCl. The number of halogens is 2. The minimum atomic E-state index is -0.517. The van der Waals surface area contributed by atoms with Gasteiger partial charge >= 0.3 is 5.69 Å². The van der Waals surface area contributed by atoms with Gasteiger partial charge in [-0.05, 0) is 12.3 Å². The molecule has 2 aromatic rings. The van der Waals surface area contributed by atoms with E-state index in [1.54, 1.807) is 0 Å². The number of nitrogens with zero attached hydrogens (tertiary/aromatic N) is 4. The molecule has 0 spiro atoms. The predicted molar refractivity (Wildman–Crippen MR) is 73.2 cm³/mol. The normalized spacial score (nSPS) is 11.4. The standard InChI is InChI=1S/C11H12Cl2N4O2/c1-6(2)9-7(3-4-12)10(13)16-11(15-9)8(5-14-16)17(18)19/h5-6H,3-4H2,1-2H3. The van der Waals surface area contributed by atoms with Crippen molar-refractivity contribution in [2.75, 3.05) is 5.88 Å². The minimum absolute atomic E-state index is 0.0928. The van der Waals surface area contributed by atoms with E-state index in [4.69, 9.17) is 23.2 Å². The molecule has 0 atom stereocenters. The van der Waals surface area contributed by atoms with Crippen molar-refractivity contribution >= 4 is 34.5 Å². The Labute approximate surface area is 119 Å². The molecule has 0 amide bonds. The van der Waals surface area contributed by atoms with E-state index >= 15 is 0 Å². The van der Waals surface area contributed by atoms with Crippen molar-refractivity contribution in [3.63, 3.8) is 0 Å². The molecule has 8 heteroatoms. The van der Waals surface area contributed by atoms with E-state index in [-0.39, 0.29) is 17.3 Å². The summed E-state index contributed by atoms with van der Waals surface area (Å²) in [7, 11) is 0. The van der Waals surface area contributed by atoms with Crippen molar-refractivity contribution in [1.29, 1.82) is 0 Å². The van der Waals surface area contributed by atoms with Gasteiger partial charge in [0.25, 0.3) is 0 Å². The van der Waals surface area contributed by atoms with Crippen LogP contribution in [0.15, 0.2) is 6.20 Å². The second-order valence-corrected chi connectivity index (χ2v) is 5.12. The van der Waals surface area contributed by atoms with Gasteiger partial charge < -0.3 is 0 Å². The molecule has 0 aromatic carbocycles. The van der Waals surface area contributed by atoms with Gasteiger partial charge in [-0.3, -0.25) is 10.1 Å². The van der Waals surface area contributed by atoms with Crippen molar-refractivity contribution in [2.24, 2.45) is 0 Å². The molecule has 2 rings (SSSR count). The molecule has 0 aliphatic rings. The molecule has 19 heavy (non-hydrogen) atoms. The molecule has 6 nitrogen and oxygen atoms in total. The topological polar surface area (TPSA) is 73.3 Å². The van der Waals surface area contributed by atoms with Crippen molar-refractivity contribution in [2.45, 2.75) is 26.2 Å². The van der Waals surface area contributed by atoms with E-state index in [9.17, 15) is 10.1 Å². The van der Waals surface area contributed by atoms with Crippen LogP contribution in [-0.4, -0.2) is 25.4 Å². The van der Waals surface area contributed by atoms with Crippen molar-refractivity contribution in [3.05, 3.63) is 32.7 Å². The Morgan fingerprint density at radius 3 is 2.74 bits per heavy atom. The van der Waals surface area contributed by atoms with E-state index in [0.717, 1.165) is 17.5 Å². The quantitative estimate of drug-likeness (QED) is 0.376. The lowest BCUT2D eigenvalue weighted by Gasteiger charge is -2.13. The number of rotatable bonds is 4. The van der Waals surface area contributed by atoms with Gasteiger partial charge in [-0.1, -0.05) is 25.4 Å². The van der Waals surface area contributed by atoms with E-state index in [2.05, 4.69) is 10.1 Å². The second-order valence-electron chi connectivity index (χ2n) is 4.38. The van der Waals surface area contributed by atoms with Crippen LogP contribution in [0.2, 0.25) is 5.15 Å². The first-order valence-corrected chi connectivity index (χ1v) is 6.65. The van der Waals surface area contributed by atoms with Gasteiger partial charge in [0.2, 0.25) is 5.65 Å². The molecular weight excluding hydrogens is 291 g/mol. The summed E-state index contributed by atoms with van der Waals surface area (Å²) in [6, 6.07) is 0. The molecule has 0 fully saturated rings. The lowest BCUT2D eigenvalue weighted by molar-refractivity contribution is -0.383. The first-order chi connectivity index (χ1) is 8.97. The average Bonchev–Trinajstić information content (AvgIpc) is 2.76. The van der Waals surface area contributed by atoms with Crippen LogP contribution in [0.5, 0.6) is 0 Å². The number of alkyl halides is 1. The highest BCUT2D eigenvalue weighted by atomic mass is 35.5. The average molecular weight is 303 g/mol. The summed E-state index contributed by atoms with van der Waals surface area (Å²) in [6.45, 7) is 3.91. The summed E-state index contributed by atoms with van der Waals surface area (Å²) in [5.41, 5.74) is 1.53. The lowest BCUT2D eigenvalue weighted by Crippen LogP contribution is -2.08. The fourth-order valence-electron chi connectivity index (χ4n) is 1.93. The maximum Gasteiger partial charge on any atom is 0.333 e. The smallest absolute Gasteiger partial charge is 0.258 e. The van der Waals surface area contributed by atoms with Gasteiger partial charge in [0.05, 0.1) is 10.6 Å². The minimum Gasteiger partial charge on any atom is -0.258 e. The van der Waals surface area contributed by atoms with Gasteiger partial charge in [-0.25, -0.2) is 4.98 Å². The molecule has 0 saturated carbocycles. The summed E-state index contributed by atoms with van der Waals surface area (Å²) in [5, 5.41) is 15.2. The van der Waals surface area contributed by atoms with E-state index in [0.29, 0.717) is 17.5 Å². The van der Waals surface area contributed by atoms with E-state index in [1.165, 1.54) is 4.52 Å². The maximum atomic E-state index is 10.9. The summed E-state index contributed by atoms with van der Waals surface area (Å²) in [6.07, 6.45) is 1.70. The number of hydrogen-bond donors (Lipinski definition) is 0. The Balaban J connectivity index is 2.79. The fourth-order valence-corrected chi connectivity index (χ4v) is 2.43. The highest BCUT2D eigenvalue weighted by molar-refractivity contribution is 6.30. The zero-order valence-electron chi connectivity index (χ0n) is 10.4. The Morgan fingerprint density at radius 1 is 1.53 bits per heavy atom. The van der Waals surface area contributed by atoms with Gasteiger partial charge in [-0.2, -0.15) is 9.61 Å². The van der Waals surface area contributed by atoms with Crippen molar-refractivity contribution in [3.8, 4) is 0 Å². The number of hydrogen-bond acceptors (Lipinski definition) is 4. The number of aromatic nitrogens is 3. The number of nitro groups is 1. The largest absolute Gasteiger partial charge is 0.333 e. The zero-order chi connectivity index (χ0) is 14.2. The Morgan fingerprint density at radius 2 is 2.21 bits per heavy atom. The third-order valence-electron chi connectivity index (χ3n) is 2.78. The van der Waals surface area contributed by atoms with Crippen molar-refractivity contribution in [1.82, 2.24) is 14.6 Å². The number of fused-ring (bicyclic) bond motifs is 1. The Kier molecular flexibility index (Phi) is 3.91. The third-order valence-corrected chi connectivity index (χ3v) is 3.36. The van der Waals surface area contributed by atoms with Crippen LogP contribution in [0.4, 0.5) is 5.69 Å². The van der Waals surface area contributed by atoms with Crippen LogP contribution in [0.1, 0.15) is 31.0 Å². The van der Waals surface area contributed by atoms with Gasteiger partial charge in [0, 0.05) is 11.4 Å². The molecule has 0 N–H and O–H groups in total. The maximum absolute atomic E-state index is 10.9. The molecule has 0 radical (unpaired) electrons. The Hall–Kier alpha value is -1.40. The molecule has 102 valence electrons. The van der Waals surface area contributed by atoms with E-state index < -0.39 is 4.92 Å². The molecule has 0 bridgehead atoms. The van der Waals surface area contributed by atoms with Gasteiger partial charge in [-0.15, -0.1) is 11.6 Å². The van der Waals surface area contributed by atoms with E-state index in [1.807, 2.05) is 13.8 Å². The van der Waals surface area contributed by atoms with Crippen LogP contribution in [0.25, 0.3) is 5.65 Å². The summed E-state index contributed by atoms with van der Waals surface area (Å²) < 4.78 is 1.29. The first-order valence-electron chi connectivity index (χ1n) is 5.73. The highest BCUT2D eigenvalue weighted by Gasteiger charge is 2.23. The highest BCUT2D eigenvalue weighted by Crippen LogP contribution is 2.29. The monoisotopic (exact) mass is 302 g/mol. The summed E-state index contributed by atoms with van der Waals surface area (Å²) in [4.78, 5) is 14.8. The molecular formula is C11H12Cl2N4O2. The predicted octanol–water partition coefficient (Wildman–Crippen LogP) is 3.20. The molecule has 0 aliphatic carbocycles. The first kappa shape index (κ1) is 14.0.